The first-order chi connectivity index (χ1) is 7.05. The minimum atomic E-state index is -4.13. The Bertz CT molecular complexity index is 632. The maximum Gasteiger partial charge on any atom is 0.239 e. The molecule has 90 valence electrons. The summed E-state index contributed by atoms with van der Waals surface area (Å²) in [5, 5.41) is 9.90. The molecule has 16 heavy (non-hydrogen) atoms. The van der Waals surface area contributed by atoms with Crippen LogP contribution in [0.25, 0.3) is 0 Å². The van der Waals surface area contributed by atoms with Crippen LogP contribution in [0.1, 0.15) is 11.1 Å². The van der Waals surface area contributed by atoms with Crippen molar-refractivity contribution >= 4 is 20.0 Å². The van der Waals surface area contributed by atoms with Crippen molar-refractivity contribution in [1.82, 2.24) is 0 Å². The molecule has 0 bridgehead atoms. The average Bonchev–Trinajstić information content (AvgIpc) is 2.05. The van der Waals surface area contributed by atoms with E-state index >= 15 is 0 Å². The molecule has 0 aromatic heterocycles. The van der Waals surface area contributed by atoms with Crippen molar-refractivity contribution in [2.75, 3.05) is 0 Å². The Labute approximate surface area is 94.4 Å². The van der Waals surface area contributed by atoms with Crippen molar-refractivity contribution < 1.29 is 16.8 Å². The number of hydrogen-bond donors (Lipinski definition) is 2. The maximum absolute atomic E-state index is 11.3. The number of hydrogen-bond acceptors (Lipinski definition) is 4. The van der Waals surface area contributed by atoms with Crippen LogP contribution < -0.4 is 10.3 Å². The van der Waals surface area contributed by atoms with Crippen LogP contribution in [0.5, 0.6) is 0 Å². The van der Waals surface area contributed by atoms with E-state index in [0.717, 1.165) is 6.07 Å². The summed E-state index contributed by atoms with van der Waals surface area (Å²) in [4.78, 5) is -0.909. The van der Waals surface area contributed by atoms with Crippen LogP contribution in [0.15, 0.2) is 21.9 Å². The first kappa shape index (κ1) is 13.1. The Balaban J connectivity index is 3.88. The molecule has 1 aromatic rings. The number of aryl methyl sites for hydroxylation is 1. The standard InChI is InChI=1S/C8H12N2O4S2/c1-5-3-4-7(15(9,11)12)8(6(5)2)16(10,13)14/h3-4H,1-2H3,(H2,9,11,12)(H2,10,13,14). The summed E-state index contributed by atoms with van der Waals surface area (Å²) in [6.07, 6.45) is 0. The Morgan fingerprint density at radius 1 is 0.938 bits per heavy atom. The third kappa shape index (κ3) is 2.40. The van der Waals surface area contributed by atoms with Crippen LogP contribution in [0.4, 0.5) is 0 Å². The molecule has 0 spiro atoms. The Hall–Kier alpha value is -0.960. The Morgan fingerprint density at radius 2 is 1.44 bits per heavy atom. The number of nitrogens with two attached hydrogens (primary N) is 2. The lowest BCUT2D eigenvalue weighted by Crippen LogP contribution is -2.22. The van der Waals surface area contributed by atoms with Gasteiger partial charge in [0.15, 0.2) is 0 Å². The van der Waals surface area contributed by atoms with Gasteiger partial charge in [-0.25, -0.2) is 27.1 Å². The summed E-state index contributed by atoms with van der Waals surface area (Å²) in [5.41, 5.74) is 0.908. The lowest BCUT2D eigenvalue weighted by molar-refractivity contribution is 0.583. The minimum Gasteiger partial charge on any atom is -0.225 e. The van der Waals surface area contributed by atoms with Crippen LogP contribution in [-0.4, -0.2) is 16.8 Å². The minimum absolute atomic E-state index is 0.286. The van der Waals surface area contributed by atoms with Crippen LogP contribution in [-0.2, 0) is 20.0 Å². The van der Waals surface area contributed by atoms with Gasteiger partial charge < -0.3 is 0 Å². The van der Waals surface area contributed by atoms with Gasteiger partial charge in [0.25, 0.3) is 0 Å². The predicted molar refractivity (Wildman–Crippen MR) is 58.7 cm³/mol. The van der Waals surface area contributed by atoms with Gasteiger partial charge in [-0.1, -0.05) is 6.07 Å². The normalized spacial score (nSPS) is 12.8. The summed E-state index contributed by atoms with van der Waals surface area (Å²) in [7, 11) is -8.24. The summed E-state index contributed by atoms with van der Waals surface area (Å²) >= 11 is 0. The molecule has 0 radical (unpaired) electrons. The Kier molecular flexibility index (Phi) is 3.12. The van der Waals surface area contributed by atoms with Gasteiger partial charge in [-0.3, -0.25) is 0 Å². The summed E-state index contributed by atoms with van der Waals surface area (Å²) in [6, 6.07) is 2.61. The second kappa shape index (κ2) is 3.81. The van der Waals surface area contributed by atoms with Gasteiger partial charge in [0.2, 0.25) is 20.0 Å². The SMILES string of the molecule is Cc1ccc(S(N)(=O)=O)c(S(N)(=O)=O)c1C. The van der Waals surface area contributed by atoms with E-state index in [9.17, 15) is 16.8 Å². The van der Waals surface area contributed by atoms with Crippen LogP contribution in [0, 0.1) is 13.8 Å². The van der Waals surface area contributed by atoms with E-state index in [1.165, 1.54) is 13.0 Å². The zero-order chi connectivity index (χ0) is 12.7. The number of rotatable bonds is 2. The smallest absolute Gasteiger partial charge is 0.225 e. The second-order valence-electron chi connectivity index (χ2n) is 3.42. The van der Waals surface area contributed by atoms with Crippen molar-refractivity contribution in [3.63, 3.8) is 0 Å². The van der Waals surface area contributed by atoms with Crippen LogP contribution in [0.3, 0.4) is 0 Å². The first-order valence-electron chi connectivity index (χ1n) is 4.21. The molecule has 0 aliphatic rings. The molecule has 0 saturated heterocycles. The van der Waals surface area contributed by atoms with E-state index < -0.39 is 29.8 Å². The van der Waals surface area contributed by atoms with Crippen molar-refractivity contribution in [2.24, 2.45) is 10.3 Å². The molecule has 1 aromatic carbocycles. The molecule has 0 unspecified atom stereocenters. The van der Waals surface area contributed by atoms with E-state index in [-0.39, 0.29) is 5.56 Å². The zero-order valence-electron chi connectivity index (χ0n) is 8.76. The van der Waals surface area contributed by atoms with Gasteiger partial charge >= 0.3 is 0 Å². The second-order valence-corrected chi connectivity index (χ2v) is 6.45. The van der Waals surface area contributed by atoms with E-state index in [1.54, 1.807) is 6.92 Å². The fourth-order valence-electron chi connectivity index (χ4n) is 1.34. The molecule has 8 heteroatoms. The van der Waals surface area contributed by atoms with Crippen molar-refractivity contribution in [2.45, 2.75) is 23.6 Å². The monoisotopic (exact) mass is 264 g/mol. The molecule has 4 N–H and O–H groups in total. The molecular formula is C8H12N2O4S2. The van der Waals surface area contributed by atoms with E-state index in [4.69, 9.17) is 10.3 Å². The molecule has 0 aliphatic carbocycles. The molecule has 1 rings (SSSR count). The van der Waals surface area contributed by atoms with Gasteiger partial charge in [0.05, 0.1) is 0 Å². The van der Waals surface area contributed by atoms with Crippen molar-refractivity contribution in [3.05, 3.63) is 23.3 Å². The molecule has 6 nitrogen and oxygen atoms in total. The van der Waals surface area contributed by atoms with Gasteiger partial charge in [-0.05, 0) is 31.0 Å². The molecule has 0 heterocycles. The lowest BCUT2D eigenvalue weighted by atomic mass is 10.1. The number of benzene rings is 1. The highest BCUT2D eigenvalue weighted by molar-refractivity contribution is 7.92. The molecule has 0 aliphatic heterocycles. The molecular weight excluding hydrogens is 252 g/mol. The predicted octanol–water partition coefficient (Wildman–Crippen LogP) is -0.402. The van der Waals surface area contributed by atoms with Gasteiger partial charge in [-0.2, -0.15) is 0 Å². The number of primary sulfonamides is 2. The zero-order valence-corrected chi connectivity index (χ0v) is 10.4. The van der Waals surface area contributed by atoms with E-state index in [2.05, 4.69) is 0 Å². The molecule has 0 fully saturated rings. The highest BCUT2D eigenvalue weighted by Gasteiger charge is 2.24. The third-order valence-electron chi connectivity index (χ3n) is 2.23. The molecule has 0 amide bonds. The van der Waals surface area contributed by atoms with Gasteiger partial charge in [0.1, 0.15) is 9.79 Å². The van der Waals surface area contributed by atoms with Crippen LogP contribution >= 0.6 is 0 Å². The third-order valence-corrected chi connectivity index (χ3v) is 4.41. The number of sulfonamides is 2. The van der Waals surface area contributed by atoms with Gasteiger partial charge in [-0.15, -0.1) is 0 Å². The fraction of sp³-hybridized carbons (Fsp3) is 0.250. The summed E-state index contributed by atoms with van der Waals surface area (Å²) in [6.45, 7) is 3.13. The first-order valence-corrected chi connectivity index (χ1v) is 7.30. The maximum atomic E-state index is 11.3. The highest BCUT2D eigenvalue weighted by atomic mass is 32.2. The van der Waals surface area contributed by atoms with Crippen LogP contribution in [0.2, 0.25) is 0 Å². The topological polar surface area (TPSA) is 120 Å². The van der Waals surface area contributed by atoms with E-state index in [0.29, 0.717) is 5.56 Å². The molecule has 0 saturated carbocycles. The Morgan fingerprint density at radius 3 is 1.81 bits per heavy atom. The molecule has 0 atom stereocenters. The van der Waals surface area contributed by atoms with Gasteiger partial charge in [0, 0.05) is 0 Å². The largest absolute Gasteiger partial charge is 0.239 e. The lowest BCUT2D eigenvalue weighted by Gasteiger charge is -2.11. The van der Waals surface area contributed by atoms with Crippen molar-refractivity contribution in [3.8, 4) is 0 Å². The van der Waals surface area contributed by atoms with E-state index in [1.807, 2.05) is 0 Å². The van der Waals surface area contributed by atoms with Crippen molar-refractivity contribution in [1.29, 1.82) is 0 Å². The quantitative estimate of drug-likeness (QED) is 0.754. The fourth-order valence-corrected chi connectivity index (χ4v) is 3.65. The highest BCUT2D eigenvalue weighted by Crippen LogP contribution is 2.24. The summed E-state index contributed by atoms with van der Waals surface area (Å²) in [5.74, 6) is 0. The average molecular weight is 264 g/mol. The summed E-state index contributed by atoms with van der Waals surface area (Å²) < 4.78 is 45.1.